The summed E-state index contributed by atoms with van der Waals surface area (Å²) in [4.78, 5) is 15.3. The normalized spacial score (nSPS) is 18.0. The molecule has 1 aromatic carbocycles. The molecule has 0 bridgehead atoms. The molecule has 21 heavy (non-hydrogen) atoms. The number of carbonyl (C=O) groups is 1. The zero-order valence-electron chi connectivity index (χ0n) is 11.8. The van der Waals surface area contributed by atoms with Crippen LogP contribution in [0.1, 0.15) is 0 Å². The summed E-state index contributed by atoms with van der Waals surface area (Å²) < 4.78 is 11.4. The monoisotopic (exact) mass is 313 g/mol. The predicted molar refractivity (Wildman–Crippen MR) is 82.5 cm³/mol. The van der Waals surface area contributed by atoms with Crippen LogP contribution >= 0.6 is 12.4 Å². The van der Waals surface area contributed by atoms with Gasteiger partial charge in [0.05, 0.1) is 12.2 Å². The van der Waals surface area contributed by atoms with Crippen molar-refractivity contribution in [3.8, 4) is 11.5 Å². The highest BCUT2D eigenvalue weighted by atomic mass is 35.5. The minimum atomic E-state index is -0.271. The minimum absolute atomic E-state index is 0. The first-order chi connectivity index (χ1) is 9.74. The number of para-hydroxylation sites is 1. The number of anilines is 1. The van der Waals surface area contributed by atoms with Crippen LogP contribution in [0.3, 0.4) is 0 Å². The van der Waals surface area contributed by atoms with Gasteiger partial charge in [-0.2, -0.15) is 0 Å². The molecular formula is C14H20ClN3O3. The van der Waals surface area contributed by atoms with Crippen LogP contribution in [0.5, 0.6) is 11.5 Å². The van der Waals surface area contributed by atoms with Gasteiger partial charge in [-0.3, -0.25) is 9.69 Å². The van der Waals surface area contributed by atoms with E-state index in [1.54, 1.807) is 0 Å². The van der Waals surface area contributed by atoms with Crippen molar-refractivity contribution in [2.45, 2.75) is 0 Å². The number of primary amides is 1. The van der Waals surface area contributed by atoms with Crippen molar-refractivity contribution in [2.75, 3.05) is 50.8 Å². The van der Waals surface area contributed by atoms with Gasteiger partial charge in [-0.25, -0.2) is 0 Å². The third-order valence-electron chi connectivity index (χ3n) is 3.64. The van der Waals surface area contributed by atoms with Crippen LogP contribution in [0.25, 0.3) is 0 Å². The van der Waals surface area contributed by atoms with Crippen molar-refractivity contribution in [3.63, 3.8) is 0 Å². The lowest BCUT2D eigenvalue weighted by molar-refractivity contribution is -0.119. The van der Waals surface area contributed by atoms with Crippen LogP contribution in [0, 0.1) is 0 Å². The predicted octanol–water partition coefficient (Wildman–Crippen LogP) is 0.487. The van der Waals surface area contributed by atoms with E-state index in [1.165, 1.54) is 0 Å². The third-order valence-corrected chi connectivity index (χ3v) is 3.64. The number of benzene rings is 1. The lowest BCUT2D eigenvalue weighted by Crippen LogP contribution is -2.49. The second-order valence-corrected chi connectivity index (χ2v) is 5.03. The number of halogens is 1. The number of amides is 1. The highest BCUT2D eigenvalue weighted by Crippen LogP contribution is 2.39. The fourth-order valence-electron chi connectivity index (χ4n) is 2.67. The molecule has 1 aromatic rings. The Kier molecular flexibility index (Phi) is 5.14. The molecule has 0 aliphatic carbocycles. The van der Waals surface area contributed by atoms with Crippen molar-refractivity contribution < 1.29 is 14.3 Å². The first-order valence-electron chi connectivity index (χ1n) is 6.88. The molecule has 0 atom stereocenters. The van der Waals surface area contributed by atoms with Gasteiger partial charge in [0, 0.05) is 26.2 Å². The number of rotatable bonds is 3. The summed E-state index contributed by atoms with van der Waals surface area (Å²) in [6.07, 6.45) is 0. The minimum Gasteiger partial charge on any atom is -0.486 e. The van der Waals surface area contributed by atoms with E-state index in [1.807, 2.05) is 12.1 Å². The maximum atomic E-state index is 10.9. The Morgan fingerprint density at radius 3 is 2.57 bits per heavy atom. The number of carbonyl (C=O) groups excluding carboxylic acids is 1. The van der Waals surface area contributed by atoms with E-state index in [0.717, 1.165) is 43.4 Å². The number of ether oxygens (including phenoxy) is 2. The van der Waals surface area contributed by atoms with Crippen LogP contribution in [-0.2, 0) is 4.79 Å². The summed E-state index contributed by atoms with van der Waals surface area (Å²) >= 11 is 0. The molecule has 1 saturated heterocycles. The smallest absolute Gasteiger partial charge is 0.231 e. The lowest BCUT2D eigenvalue weighted by Gasteiger charge is -2.36. The average Bonchev–Trinajstić information content (AvgIpc) is 2.47. The Hall–Kier alpha value is -1.66. The van der Waals surface area contributed by atoms with Crippen LogP contribution in [0.15, 0.2) is 18.2 Å². The molecule has 0 spiro atoms. The van der Waals surface area contributed by atoms with E-state index in [2.05, 4.69) is 15.9 Å². The van der Waals surface area contributed by atoms with Crippen LogP contribution < -0.4 is 20.1 Å². The van der Waals surface area contributed by atoms with Crippen molar-refractivity contribution in [3.05, 3.63) is 18.2 Å². The SMILES string of the molecule is Cl.NC(=O)CN1CCN(c2cccc3c2OCCO3)CC1. The van der Waals surface area contributed by atoms with E-state index in [-0.39, 0.29) is 18.3 Å². The van der Waals surface area contributed by atoms with Gasteiger partial charge in [-0.1, -0.05) is 6.07 Å². The molecule has 2 N–H and O–H groups in total. The largest absolute Gasteiger partial charge is 0.486 e. The Balaban J connectivity index is 0.00000161. The first kappa shape index (κ1) is 15.7. The molecule has 3 rings (SSSR count). The maximum absolute atomic E-state index is 10.9. The second-order valence-electron chi connectivity index (χ2n) is 5.03. The molecule has 1 amide bonds. The highest BCUT2D eigenvalue weighted by molar-refractivity contribution is 5.85. The maximum Gasteiger partial charge on any atom is 0.231 e. The summed E-state index contributed by atoms with van der Waals surface area (Å²) in [5.74, 6) is 1.38. The standard InChI is InChI=1S/C14H19N3O3.ClH/c15-13(18)10-16-4-6-17(7-5-16)11-2-1-3-12-14(11)20-9-8-19-12;/h1-3H,4-10H2,(H2,15,18);1H. The van der Waals surface area contributed by atoms with Gasteiger partial charge in [-0.15, -0.1) is 12.4 Å². The molecule has 0 radical (unpaired) electrons. The van der Waals surface area contributed by atoms with Gasteiger partial charge in [0.1, 0.15) is 13.2 Å². The number of hydrogen-bond donors (Lipinski definition) is 1. The molecule has 2 aliphatic heterocycles. The Labute approximate surface area is 130 Å². The van der Waals surface area contributed by atoms with Gasteiger partial charge in [0.2, 0.25) is 5.91 Å². The van der Waals surface area contributed by atoms with Crippen molar-refractivity contribution in [2.24, 2.45) is 5.73 Å². The fourth-order valence-corrected chi connectivity index (χ4v) is 2.67. The van der Waals surface area contributed by atoms with E-state index in [9.17, 15) is 4.79 Å². The Bertz CT molecular complexity index is 504. The topological polar surface area (TPSA) is 68.0 Å². The number of nitrogens with zero attached hydrogens (tertiary/aromatic N) is 2. The van der Waals surface area contributed by atoms with Crippen molar-refractivity contribution in [1.29, 1.82) is 0 Å². The quantitative estimate of drug-likeness (QED) is 0.879. The van der Waals surface area contributed by atoms with Crippen LogP contribution in [0.4, 0.5) is 5.69 Å². The van der Waals surface area contributed by atoms with E-state index < -0.39 is 0 Å². The fraction of sp³-hybridized carbons (Fsp3) is 0.500. The molecule has 1 fully saturated rings. The van der Waals surface area contributed by atoms with Crippen LogP contribution in [0.2, 0.25) is 0 Å². The zero-order valence-corrected chi connectivity index (χ0v) is 12.6. The Morgan fingerprint density at radius 2 is 1.86 bits per heavy atom. The number of nitrogens with two attached hydrogens (primary N) is 1. The number of hydrogen-bond acceptors (Lipinski definition) is 5. The molecule has 2 aliphatic rings. The highest BCUT2D eigenvalue weighted by Gasteiger charge is 2.23. The molecule has 7 heteroatoms. The number of piperazine rings is 1. The van der Waals surface area contributed by atoms with Gasteiger partial charge in [-0.05, 0) is 12.1 Å². The summed E-state index contributed by atoms with van der Waals surface area (Å²) in [6, 6.07) is 5.97. The third kappa shape index (κ3) is 3.51. The average molecular weight is 314 g/mol. The zero-order chi connectivity index (χ0) is 13.9. The summed E-state index contributed by atoms with van der Waals surface area (Å²) in [5.41, 5.74) is 6.30. The molecule has 0 saturated carbocycles. The number of fused-ring (bicyclic) bond motifs is 1. The lowest BCUT2D eigenvalue weighted by atomic mass is 10.2. The van der Waals surface area contributed by atoms with E-state index in [4.69, 9.17) is 15.2 Å². The Morgan fingerprint density at radius 1 is 1.14 bits per heavy atom. The molecule has 6 nitrogen and oxygen atoms in total. The molecular weight excluding hydrogens is 294 g/mol. The van der Waals surface area contributed by atoms with Gasteiger partial charge in [0.25, 0.3) is 0 Å². The van der Waals surface area contributed by atoms with Gasteiger partial charge < -0.3 is 20.1 Å². The van der Waals surface area contributed by atoms with Crippen LogP contribution in [-0.4, -0.2) is 56.7 Å². The molecule has 2 heterocycles. The van der Waals surface area contributed by atoms with E-state index >= 15 is 0 Å². The second kappa shape index (κ2) is 6.87. The van der Waals surface area contributed by atoms with Gasteiger partial charge in [0.15, 0.2) is 11.5 Å². The molecule has 0 unspecified atom stereocenters. The van der Waals surface area contributed by atoms with E-state index in [0.29, 0.717) is 19.8 Å². The first-order valence-corrected chi connectivity index (χ1v) is 6.88. The molecule has 0 aromatic heterocycles. The molecule has 116 valence electrons. The van der Waals surface area contributed by atoms with Gasteiger partial charge >= 0.3 is 0 Å². The summed E-state index contributed by atoms with van der Waals surface area (Å²) in [5, 5.41) is 0. The van der Waals surface area contributed by atoms with Crippen molar-refractivity contribution in [1.82, 2.24) is 4.90 Å². The van der Waals surface area contributed by atoms with Crippen molar-refractivity contribution >= 4 is 24.0 Å². The summed E-state index contributed by atoms with van der Waals surface area (Å²) in [7, 11) is 0. The summed E-state index contributed by atoms with van der Waals surface area (Å²) in [6.45, 7) is 4.88.